The SMILES string of the molecule is CC1SCC(C(N)C2=CCCO2)SC1C. The predicted molar refractivity (Wildman–Crippen MR) is 69.4 cm³/mol. The first-order valence-corrected chi connectivity index (χ1v) is 7.53. The number of ether oxygens (including phenoxy) is 1. The van der Waals surface area contributed by atoms with Gasteiger partial charge in [0.15, 0.2) is 0 Å². The van der Waals surface area contributed by atoms with Gasteiger partial charge in [0.1, 0.15) is 5.76 Å². The molecule has 4 unspecified atom stereocenters. The van der Waals surface area contributed by atoms with Gasteiger partial charge in [0.2, 0.25) is 0 Å². The summed E-state index contributed by atoms with van der Waals surface area (Å²) in [6.07, 6.45) is 3.18. The van der Waals surface area contributed by atoms with Crippen molar-refractivity contribution < 1.29 is 4.74 Å². The maximum atomic E-state index is 6.23. The minimum Gasteiger partial charge on any atom is -0.496 e. The van der Waals surface area contributed by atoms with Gasteiger partial charge < -0.3 is 10.5 Å². The smallest absolute Gasteiger partial charge is 0.110 e. The van der Waals surface area contributed by atoms with Crippen molar-refractivity contribution in [2.24, 2.45) is 5.73 Å². The number of thioether (sulfide) groups is 2. The summed E-state index contributed by atoms with van der Waals surface area (Å²) in [5, 5.41) is 1.96. The van der Waals surface area contributed by atoms with Crippen molar-refractivity contribution in [3.63, 3.8) is 0 Å². The number of hydrogen-bond donors (Lipinski definition) is 1. The third-order valence-electron chi connectivity index (χ3n) is 3.04. The van der Waals surface area contributed by atoms with Crippen LogP contribution >= 0.6 is 23.5 Å². The van der Waals surface area contributed by atoms with E-state index >= 15 is 0 Å². The molecule has 4 heteroatoms. The van der Waals surface area contributed by atoms with Crippen LogP contribution in [0.5, 0.6) is 0 Å². The summed E-state index contributed by atoms with van der Waals surface area (Å²) in [6.45, 7) is 5.42. The fraction of sp³-hybridized carbons (Fsp3) is 0.818. The third-order valence-corrected chi connectivity index (χ3v) is 6.55. The van der Waals surface area contributed by atoms with Crippen molar-refractivity contribution in [2.45, 2.75) is 42.1 Å². The largest absolute Gasteiger partial charge is 0.496 e. The van der Waals surface area contributed by atoms with Crippen molar-refractivity contribution in [1.82, 2.24) is 0 Å². The lowest BCUT2D eigenvalue weighted by atomic mass is 10.2. The minimum atomic E-state index is 0.0972. The average Bonchev–Trinajstić information content (AvgIpc) is 2.74. The molecule has 0 spiro atoms. The van der Waals surface area contributed by atoms with E-state index in [2.05, 4.69) is 19.9 Å². The number of rotatable bonds is 2. The first kappa shape index (κ1) is 11.7. The minimum absolute atomic E-state index is 0.0972. The molecule has 15 heavy (non-hydrogen) atoms. The summed E-state index contributed by atoms with van der Waals surface area (Å²) >= 11 is 4.06. The number of nitrogens with two attached hydrogens (primary N) is 1. The van der Waals surface area contributed by atoms with Crippen LogP contribution in [0.25, 0.3) is 0 Å². The quantitative estimate of drug-likeness (QED) is 0.809. The van der Waals surface area contributed by atoms with Gasteiger partial charge in [-0.1, -0.05) is 13.8 Å². The molecular formula is C11H19NOS2. The third kappa shape index (κ3) is 2.66. The highest BCUT2D eigenvalue weighted by Gasteiger charge is 2.32. The normalized spacial score (nSPS) is 38.3. The predicted octanol–water partition coefficient (Wildman–Crippen LogP) is 2.24. The first-order chi connectivity index (χ1) is 7.18. The van der Waals surface area contributed by atoms with Gasteiger partial charge in [-0.2, -0.15) is 23.5 Å². The highest BCUT2D eigenvalue weighted by molar-refractivity contribution is 8.07. The fourth-order valence-electron chi connectivity index (χ4n) is 1.85. The Kier molecular flexibility index (Phi) is 3.91. The van der Waals surface area contributed by atoms with Gasteiger partial charge in [-0.3, -0.25) is 0 Å². The lowest BCUT2D eigenvalue weighted by Crippen LogP contribution is -2.41. The van der Waals surface area contributed by atoms with E-state index in [9.17, 15) is 0 Å². The van der Waals surface area contributed by atoms with Gasteiger partial charge in [0.25, 0.3) is 0 Å². The summed E-state index contributed by atoms with van der Waals surface area (Å²) < 4.78 is 5.54. The molecule has 0 aromatic rings. The molecule has 0 amide bonds. The van der Waals surface area contributed by atoms with E-state index in [0.29, 0.717) is 10.5 Å². The first-order valence-electron chi connectivity index (χ1n) is 5.54. The molecule has 0 aromatic heterocycles. The lowest BCUT2D eigenvalue weighted by Gasteiger charge is -2.34. The van der Waals surface area contributed by atoms with Crippen LogP contribution in [0.2, 0.25) is 0 Å². The molecule has 2 aliphatic heterocycles. The van der Waals surface area contributed by atoms with Crippen molar-refractivity contribution in [2.75, 3.05) is 12.4 Å². The van der Waals surface area contributed by atoms with Gasteiger partial charge in [0, 0.05) is 27.9 Å². The van der Waals surface area contributed by atoms with Crippen LogP contribution < -0.4 is 5.73 Å². The topological polar surface area (TPSA) is 35.2 Å². The molecule has 86 valence electrons. The molecule has 1 saturated heterocycles. The van der Waals surface area contributed by atoms with Crippen LogP contribution in [0.4, 0.5) is 0 Å². The molecular weight excluding hydrogens is 226 g/mol. The molecule has 0 bridgehead atoms. The molecule has 4 atom stereocenters. The van der Waals surface area contributed by atoms with Crippen molar-refractivity contribution in [3.8, 4) is 0 Å². The summed E-state index contributed by atoms with van der Waals surface area (Å²) in [4.78, 5) is 0. The van der Waals surface area contributed by atoms with Crippen LogP contribution in [0.1, 0.15) is 20.3 Å². The highest BCUT2D eigenvalue weighted by Crippen LogP contribution is 2.38. The Morgan fingerprint density at radius 3 is 2.87 bits per heavy atom. The summed E-state index contributed by atoms with van der Waals surface area (Å²) in [5.41, 5.74) is 6.23. The second kappa shape index (κ2) is 5.02. The Hall–Kier alpha value is 0.200. The van der Waals surface area contributed by atoms with E-state index in [4.69, 9.17) is 10.5 Å². The van der Waals surface area contributed by atoms with Crippen molar-refractivity contribution in [1.29, 1.82) is 0 Å². The number of hydrogen-bond acceptors (Lipinski definition) is 4. The molecule has 2 nitrogen and oxygen atoms in total. The molecule has 2 heterocycles. The molecule has 0 aliphatic carbocycles. The van der Waals surface area contributed by atoms with Gasteiger partial charge in [-0.15, -0.1) is 0 Å². The van der Waals surface area contributed by atoms with E-state index in [0.717, 1.165) is 29.8 Å². The zero-order chi connectivity index (χ0) is 10.8. The Labute approximate surface area is 100 Å². The van der Waals surface area contributed by atoms with Gasteiger partial charge in [-0.05, 0) is 6.08 Å². The van der Waals surface area contributed by atoms with Gasteiger partial charge in [-0.25, -0.2) is 0 Å². The summed E-state index contributed by atoms with van der Waals surface area (Å²) in [6, 6.07) is 0.0972. The monoisotopic (exact) mass is 245 g/mol. The molecule has 2 N–H and O–H groups in total. The summed E-state index contributed by atoms with van der Waals surface area (Å²) in [7, 11) is 0. The molecule has 1 fully saturated rings. The van der Waals surface area contributed by atoms with E-state index in [1.54, 1.807) is 0 Å². The van der Waals surface area contributed by atoms with Crippen LogP contribution in [0.3, 0.4) is 0 Å². The van der Waals surface area contributed by atoms with Crippen LogP contribution in [0, 0.1) is 0 Å². The van der Waals surface area contributed by atoms with Gasteiger partial charge in [0.05, 0.1) is 12.6 Å². The van der Waals surface area contributed by atoms with Crippen LogP contribution in [-0.4, -0.2) is 34.2 Å². The van der Waals surface area contributed by atoms with E-state index in [1.165, 1.54) is 0 Å². The molecule has 0 saturated carbocycles. The van der Waals surface area contributed by atoms with E-state index in [-0.39, 0.29) is 6.04 Å². The zero-order valence-electron chi connectivity index (χ0n) is 9.31. The van der Waals surface area contributed by atoms with E-state index < -0.39 is 0 Å². The Morgan fingerprint density at radius 1 is 1.47 bits per heavy atom. The second-order valence-electron chi connectivity index (χ2n) is 4.19. The average molecular weight is 245 g/mol. The second-order valence-corrected chi connectivity index (χ2v) is 7.22. The van der Waals surface area contributed by atoms with Crippen LogP contribution in [0.15, 0.2) is 11.8 Å². The molecule has 0 radical (unpaired) electrons. The Morgan fingerprint density at radius 2 is 2.27 bits per heavy atom. The van der Waals surface area contributed by atoms with Crippen LogP contribution in [-0.2, 0) is 4.74 Å². The molecule has 2 rings (SSSR count). The zero-order valence-corrected chi connectivity index (χ0v) is 10.9. The van der Waals surface area contributed by atoms with E-state index in [1.807, 2.05) is 23.5 Å². The highest BCUT2D eigenvalue weighted by atomic mass is 32.2. The summed E-state index contributed by atoms with van der Waals surface area (Å²) in [5.74, 6) is 2.17. The van der Waals surface area contributed by atoms with Gasteiger partial charge >= 0.3 is 0 Å². The van der Waals surface area contributed by atoms with Crippen molar-refractivity contribution >= 4 is 23.5 Å². The Bertz CT molecular complexity index is 257. The Balaban J connectivity index is 1.93. The lowest BCUT2D eigenvalue weighted by molar-refractivity contribution is 0.224. The standard InChI is InChI=1S/C11H19NOS2/c1-7-8(2)15-10(6-14-7)11(12)9-4-3-5-13-9/h4,7-8,10-11H,3,5-6,12H2,1-2H3. The maximum Gasteiger partial charge on any atom is 0.110 e. The fourth-order valence-corrected chi connectivity index (χ4v) is 4.87. The maximum absolute atomic E-state index is 6.23. The van der Waals surface area contributed by atoms with Crippen molar-refractivity contribution in [3.05, 3.63) is 11.8 Å². The molecule has 0 aromatic carbocycles. The molecule has 2 aliphatic rings.